The van der Waals surface area contributed by atoms with Gasteiger partial charge in [0.15, 0.2) is 0 Å². The molecule has 8 heteroatoms. The van der Waals surface area contributed by atoms with Gasteiger partial charge in [-0.05, 0) is 32.9 Å². The normalized spacial score (nSPS) is 19.3. The Hall–Kier alpha value is -2.90. The molecule has 0 spiro atoms. The van der Waals surface area contributed by atoms with Crippen LogP contribution in [0, 0.1) is 0 Å². The largest absolute Gasteiger partial charge is 0.471 e. The van der Waals surface area contributed by atoms with Crippen LogP contribution >= 0.6 is 0 Å². The maximum atomic E-state index is 12.5. The second kappa shape index (κ2) is 8.20. The minimum Gasteiger partial charge on any atom is -0.471 e. The van der Waals surface area contributed by atoms with Gasteiger partial charge in [0.05, 0.1) is 31.2 Å². The average molecular weight is 375 g/mol. The molecule has 0 bridgehead atoms. The highest BCUT2D eigenvalue weighted by molar-refractivity contribution is 5.82. The van der Waals surface area contributed by atoms with Crippen LogP contribution in [-0.4, -0.2) is 58.3 Å². The number of amides is 1. The van der Waals surface area contributed by atoms with Crippen LogP contribution in [-0.2, 0) is 14.3 Å². The first-order valence-electron chi connectivity index (χ1n) is 8.54. The van der Waals surface area contributed by atoms with Crippen LogP contribution in [0.4, 0.5) is 4.79 Å². The Morgan fingerprint density at radius 2 is 1.93 bits per heavy atom. The summed E-state index contributed by atoms with van der Waals surface area (Å²) in [5, 5.41) is 0. The summed E-state index contributed by atoms with van der Waals surface area (Å²) in [6.45, 7) is 12.8. The van der Waals surface area contributed by atoms with E-state index in [0.29, 0.717) is 11.4 Å². The summed E-state index contributed by atoms with van der Waals surface area (Å²) in [5.74, 6) is -0.248. The first kappa shape index (κ1) is 20.4. The van der Waals surface area contributed by atoms with Crippen LogP contribution in [0.2, 0.25) is 0 Å². The molecule has 1 fully saturated rings. The average Bonchev–Trinajstić information content (AvgIpc) is 3.03. The smallest absolute Gasteiger partial charge is 0.411 e. The lowest BCUT2D eigenvalue weighted by Gasteiger charge is -2.27. The number of rotatable bonds is 5. The second-order valence-corrected chi connectivity index (χ2v) is 7.03. The quantitative estimate of drug-likeness (QED) is 0.731. The van der Waals surface area contributed by atoms with Gasteiger partial charge in [0, 0.05) is 6.42 Å². The van der Waals surface area contributed by atoms with Gasteiger partial charge in [0.2, 0.25) is 5.88 Å². The molecule has 0 radical (unpaired) electrons. The fraction of sp³-hybridized carbons (Fsp3) is 0.474. The van der Waals surface area contributed by atoms with Crippen LogP contribution in [0.25, 0.3) is 12.2 Å². The highest BCUT2D eigenvalue weighted by Gasteiger charge is 2.43. The van der Waals surface area contributed by atoms with Gasteiger partial charge >= 0.3 is 12.1 Å². The van der Waals surface area contributed by atoms with Gasteiger partial charge in [0.25, 0.3) is 0 Å². The number of ether oxygens (including phenoxy) is 3. The molecule has 1 aromatic rings. The topological polar surface area (TPSA) is 90.9 Å². The van der Waals surface area contributed by atoms with E-state index in [-0.39, 0.29) is 18.8 Å². The molecule has 27 heavy (non-hydrogen) atoms. The van der Waals surface area contributed by atoms with Crippen LogP contribution in [0.3, 0.4) is 0 Å². The van der Waals surface area contributed by atoms with E-state index < -0.39 is 29.8 Å². The van der Waals surface area contributed by atoms with Crippen molar-refractivity contribution in [2.24, 2.45) is 0 Å². The molecule has 0 aliphatic carbocycles. The molecule has 1 saturated heterocycles. The molecule has 1 aliphatic heterocycles. The summed E-state index contributed by atoms with van der Waals surface area (Å²) in [6.07, 6.45) is 3.80. The first-order valence-corrected chi connectivity index (χ1v) is 8.54. The van der Waals surface area contributed by atoms with Crippen molar-refractivity contribution in [3.63, 3.8) is 0 Å². The van der Waals surface area contributed by atoms with E-state index in [4.69, 9.17) is 14.2 Å². The predicted molar refractivity (Wildman–Crippen MR) is 100.0 cm³/mol. The summed E-state index contributed by atoms with van der Waals surface area (Å²) >= 11 is 0. The molecular formula is C19H25N3O5. The molecule has 2 atom stereocenters. The molecule has 1 aromatic heterocycles. The van der Waals surface area contributed by atoms with Crippen molar-refractivity contribution in [3.8, 4) is 5.88 Å². The zero-order chi connectivity index (χ0) is 20.2. The molecule has 1 amide bonds. The van der Waals surface area contributed by atoms with Gasteiger partial charge < -0.3 is 14.2 Å². The number of likely N-dealkylation sites (tertiary alicyclic amines) is 1. The van der Waals surface area contributed by atoms with E-state index in [0.717, 1.165) is 0 Å². The Balaban J connectivity index is 2.17. The number of hydrogen-bond donors (Lipinski definition) is 0. The van der Waals surface area contributed by atoms with E-state index >= 15 is 0 Å². The monoisotopic (exact) mass is 375 g/mol. The fourth-order valence-electron chi connectivity index (χ4n) is 2.70. The zero-order valence-electron chi connectivity index (χ0n) is 16.1. The highest BCUT2D eigenvalue weighted by atomic mass is 16.6. The summed E-state index contributed by atoms with van der Waals surface area (Å²) < 4.78 is 16.0. The number of hydrogen-bond acceptors (Lipinski definition) is 7. The van der Waals surface area contributed by atoms with Crippen LogP contribution in [0.15, 0.2) is 19.4 Å². The molecule has 1 aliphatic rings. The van der Waals surface area contributed by atoms with Crippen molar-refractivity contribution in [1.82, 2.24) is 14.9 Å². The van der Waals surface area contributed by atoms with E-state index in [2.05, 4.69) is 23.1 Å². The molecule has 2 heterocycles. The van der Waals surface area contributed by atoms with E-state index in [1.54, 1.807) is 32.9 Å². The Morgan fingerprint density at radius 3 is 2.48 bits per heavy atom. The van der Waals surface area contributed by atoms with Crippen molar-refractivity contribution in [2.45, 2.75) is 44.9 Å². The summed E-state index contributed by atoms with van der Waals surface area (Å²) in [7, 11) is 1.28. The molecule has 0 saturated carbocycles. The number of carbonyl (C=O) groups excluding carboxylic acids is 2. The number of methoxy groups -OCH3 is 1. The molecule has 8 nitrogen and oxygen atoms in total. The maximum Gasteiger partial charge on any atom is 0.411 e. The third kappa shape index (κ3) is 5.06. The Morgan fingerprint density at radius 1 is 1.26 bits per heavy atom. The van der Waals surface area contributed by atoms with Crippen LogP contribution in [0.1, 0.15) is 38.6 Å². The third-order valence-electron chi connectivity index (χ3n) is 3.85. The van der Waals surface area contributed by atoms with Gasteiger partial charge in [-0.1, -0.05) is 13.2 Å². The molecule has 0 aromatic carbocycles. The standard InChI is InChI=1S/C19H25N3O5/c1-7-13-14(8-2)21-16(10-20-13)26-12-9-15(17(23)25-6)22(11-12)18(24)27-19(3,4)5/h7-8,10,12,15H,1-2,9,11H2,3-6H3. The number of nitrogens with zero attached hydrogens (tertiary/aromatic N) is 3. The summed E-state index contributed by atoms with van der Waals surface area (Å²) in [5.41, 5.74) is 0.447. The predicted octanol–water partition coefficient (Wildman–Crippen LogP) is 2.69. The number of carbonyl (C=O) groups is 2. The van der Waals surface area contributed by atoms with Gasteiger partial charge in [-0.15, -0.1) is 0 Å². The van der Waals surface area contributed by atoms with Crippen molar-refractivity contribution >= 4 is 24.2 Å². The minimum absolute atomic E-state index is 0.170. The molecule has 2 unspecified atom stereocenters. The molecule has 0 N–H and O–H groups in total. The summed E-state index contributed by atoms with van der Waals surface area (Å²) in [6, 6.07) is -0.783. The molecule has 2 rings (SSSR count). The number of esters is 1. The Kier molecular flexibility index (Phi) is 6.20. The lowest BCUT2D eigenvalue weighted by Crippen LogP contribution is -2.44. The fourth-order valence-corrected chi connectivity index (χ4v) is 2.70. The van der Waals surface area contributed by atoms with Gasteiger partial charge in [-0.3, -0.25) is 4.90 Å². The van der Waals surface area contributed by atoms with E-state index in [1.165, 1.54) is 18.2 Å². The zero-order valence-corrected chi connectivity index (χ0v) is 16.1. The summed E-state index contributed by atoms with van der Waals surface area (Å²) in [4.78, 5) is 34.4. The second-order valence-electron chi connectivity index (χ2n) is 7.03. The van der Waals surface area contributed by atoms with E-state index in [9.17, 15) is 9.59 Å². The highest BCUT2D eigenvalue weighted by Crippen LogP contribution is 2.25. The molecular weight excluding hydrogens is 350 g/mol. The SMILES string of the molecule is C=Cc1ncc(OC2CC(C(=O)OC)N(C(=O)OC(C)(C)C)C2)nc1C=C. The van der Waals surface area contributed by atoms with Crippen LogP contribution < -0.4 is 4.74 Å². The number of aromatic nitrogens is 2. The van der Waals surface area contributed by atoms with Crippen molar-refractivity contribution in [2.75, 3.05) is 13.7 Å². The van der Waals surface area contributed by atoms with Gasteiger partial charge in [-0.25, -0.2) is 19.6 Å². The van der Waals surface area contributed by atoms with Crippen LogP contribution in [0.5, 0.6) is 5.88 Å². The Labute approximate surface area is 158 Å². The van der Waals surface area contributed by atoms with Crippen molar-refractivity contribution in [1.29, 1.82) is 0 Å². The lowest BCUT2D eigenvalue weighted by atomic mass is 10.2. The molecule has 146 valence electrons. The van der Waals surface area contributed by atoms with E-state index in [1.807, 2.05) is 0 Å². The first-order chi connectivity index (χ1) is 12.7. The minimum atomic E-state index is -0.783. The third-order valence-corrected chi connectivity index (χ3v) is 3.85. The van der Waals surface area contributed by atoms with Gasteiger partial charge in [-0.2, -0.15) is 0 Å². The van der Waals surface area contributed by atoms with Crippen molar-refractivity contribution < 1.29 is 23.8 Å². The van der Waals surface area contributed by atoms with Crippen molar-refractivity contribution in [3.05, 3.63) is 30.7 Å². The van der Waals surface area contributed by atoms with Gasteiger partial charge in [0.1, 0.15) is 17.7 Å². The maximum absolute atomic E-state index is 12.5. The Bertz CT molecular complexity index is 741. The lowest BCUT2D eigenvalue weighted by molar-refractivity contribution is -0.145.